The Hall–Kier alpha value is -0.0400. The maximum absolute atomic E-state index is 6.63. The van der Waals surface area contributed by atoms with Gasteiger partial charge < -0.3 is 5.73 Å². The Morgan fingerprint density at radius 2 is 0.400 bits per heavy atom. The van der Waals surface area contributed by atoms with E-state index >= 15 is 0 Å². The van der Waals surface area contributed by atoms with Gasteiger partial charge in [0.05, 0.1) is 0 Å². The van der Waals surface area contributed by atoms with Crippen LogP contribution < -0.4 is 5.73 Å². The minimum atomic E-state index is 0.440. The molecule has 1 heteroatoms. The predicted molar refractivity (Wildman–Crippen MR) is 209 cm³/mol. The van der Waals surface area contributed by atoms with Gasteiger partial charge in [0.25, 0.3) is 0 Å². The molecule has 0 saturated heterocycles. The maximum atomic E-state index is 6.63. The normalized spacial score (nSPS) is 12.0. The van der Waals surface area contributed by atoms with Crippen molar-refractivity contribution < 1.29 is 0 Å². The van der Waals surface area contributed by atoms with E-state index in [9.17, 15) is 0 Å². The molecule has 0 unspecified atom stereocenters. The number of unbranched alkanes of at least 4 members (excludes halogenated alkanes) is 33. The van der Waals surface area contributed by atoms with Crippen molar-refractivity contribution in [2.75, 3.05) is 6.54 Å². The molecule has 45 heavy (non-hydrogen) atoms. The molecule has 0 rings (SSSR count). The lowest BCUT2D eigenvalue weighted by atomic mass is 9.74. The summed E-state index contributed by atoms with van der Waals surface area (Å²) < 4.78 is 0. The quantitative estimate of drug-likeness (QED) is 0.0667. The lowest BCUT2D eigenvalue weighted by Crippen LogP contribution is -2.31. The number of hydrogen-bond donors (Lipinski definition) is 1. The summed E-state index contributed by atoms with van der Waals surface area (Å²) in [5.74, 6) is 0. The molecule has 0 saturated carbocycles. The summed E-state index contributed by atoms with van der Waals surface area (Å²) in [6.45, 7) is 7.88. The molecule has 0 fully saturated rings. The van der Waals surface area contributed by atoms with Crippen LogP contribution in [0, 0.1) is 5.41 Å². The van der Waals surface area contributed by atoms with Crippen LogP contribution in [0.15, 0.2) is 0 Å². The Balaban J connectivity index is 4.21. The zero-order valence-corrected chi connectivity index (χ0v) is 32.4. The molecule has 0 aromatic heterocycles. The molecule has 2 N–H and O–H groups in total. The van der Waals surface area contributed by atoms with Crippen molar-refractivity contribution in [1.29, 1.82) is 0 Å². The predicted octanol–water partition coefficient (Wildman–Crippen LogP) is 16.2. The van der Waals surface area contributed by atoms with Crippen LogP contribution >= 0.6 is 0 Å². The maximum Gasteiger partial charge on any atom is -0.00205 e. The lowest BCUT2D eigenvalue weighted by molar-refractivity contribution is 0.204. The molecule has 0 spiro atoms. The summed E-state index contributed by atoms with van der Waals surface area (Å²) in [4.78, 5) is 0. The number of rotatable bonds is 40. The average Bonchev–Trinajstić information content (AvgIpc) is 3.05. The van der Waals surface area contributed by atoms with E-state index in [2.05, 4.69) is 20.8 Å². The fourth-order valence-electron chi connectivity index (χ4n) is 7.70. The van der Waals surface area contributed by atoms with Gasteiger partial charge in [0, 0.05) is 0 Å². The third-order valence-electron chi connectivity index (χ3n) is 11.1. The van der Waals surface area contributed by atoms with Gasteiger partial charge in [0.1, 0.15) is 0 Å². The summed E-state index contributed by atoms with van der Waals surface area (Å²) in [5.41, 5.74) is 7.07. The molecule has 0 aliphatic carbocycles. The smallest absolute Gasteiger partial charge is 0.00205 e. The highest BCUT2D eigenvalue weighted by molar-refractivity contribution is 4.81. The summed E-state index contributed by atoms with van der Waals surface area (Å²) in [6, 6.07) is 0. The standard InChI is InChI=1S/C44H91N/c1-4-7-10-13-16-19-22-25-28-31-34-37-40-44(43-45,41-38-35-32-29-26-23-20-17-14-11-8-5-2)42-39-36-33-30-27-24-21-18-15-12-9-6-3/h4-43,45H2,1-3H3. The summed E-state index contributed by atoms with van der Waals surface area (Å²) >= 11 is 0. The lowest BCUT2D eigenvalue weighted by Gasteiger charge is -2.33. The fourth-order valence-corrected chi connectivity index (χ4v) is 7.70. The van der Waals surface area contributed by atoms with Gasteiger partial charge in [-0.1, -0.05) is 252 Å². The Bertz CT molecular complexity index is 444. The topological polar surface area (TPSA) is 26.0 Å². The third kappa shape index (κ3) is 33.6. The van der Waals surface area contributed by atoms with Crippen LogP contribution in [0.25, 0.3) is 0 Å². The van der Waals surface area contributed by atoms with Crippen molar-refractivity contribution in [3.05, 3.63) is 0 Å². The molecular formula is C44H91N. The van der Waals surface area contributed by atoms with Crippen LogP contribution in [0.1, 0.15) is 271 Å². The van der Waals surface area contributed by atoms with E-state index in [4.69, 9.17) is 5.73 Å². The van der Waals surface area contributed by atoms with Crippen LogP contribution in [0.5, 0.6) is 0 Å². The minimum Gasteiger partial charge on any atom is -0.330 e. The van der Waals surface area contributed by atoms with Gasteiger partial charge in [0.15, 0.2) is 0 Å². The first-order valence-corrected chi connectivity index (χ1v) is 21.9. The molecule has 0 aromatic rings. The zero-order chi connectivity index (χ0) is 32.8. The second-order valence-corrected chi connectivity index (χ2v) is 15.6. The van der Waals surface area contributed by atoms with Crippen LogP contribution in [-0.2, 0) is 0 Å². The molecule has 0 aromatic carbocycles. The van der Waals surface area contributed by atoms with Crippen molar-refractivity contribution in [3.8, 4) is 0 Å². The third-order valence-corrected chi connectivity index (χ3v) is 11.1. The van der Waals surface area contributed by atoms with Crippen LogP contribution in [0.3, 0.4) is 0 Å². The largest absolute Gasteiger partial charge is 0.330 e. The van der Waals surface area contributed by atoms with E-state index in [0.29, 0.717) is 5.41 Å². The van der Waals surface area contributed by atoms with Crippen LogP contribution in [-0.4, -0.2) is 6.54 Å². The summed E-state index contributed by atoms with van der Waals surface area (Å²) in [6.07, 6.45) is 56.3. The zero-order valence-electron chi connectivity index (χ0n) is 32.4. The average molecular weight is 634 g/mol. The van der Waals surface area contributed by atoms with Crippen molar-refractivity contribution in [1.82, 2.24) is 0 Å². The highest BCUT2D eigenvalue weighted by Crippen LogP contribution is 2.36. The number of nitrogens with two attached hydrogens (primary N) is 1. The van der Waals surface area contributed by atoms with Crippen molar-refractivity contribution in [2.24, 2.45) is 11.1 Å². The van der Waals surface area contributed by atoms with Gasteiger partial charge >= 0.3 is 0 Å². The highest BCUT2D eigenvalue weighted by Gasteiger charge is 2.27. The van der Waals surface area contributed by atoms with Crippen LogP contribution in [0.4, 0.5) is 0 Å². The van der Waals surface area contributed by atoms with Gasteiger partial charge in [0.2, 0.25) is 0 Å². The first-order chi connectivity index (χ1) is 22.2. The fraction of sp³-hybridized carbons (Fsp3) is 1.00. The van der Waals surface area contributed by atoms with Crippen molar-refractivity contribution >= 4 is 0 Å². The summed E-state index contributed by atoms with van der Waals surface area (Å²) in [5, 5.41) is 0. The van der Waals surface area contributed by atoms with Gasteiger partial charge in [-0.2, -0.15) is 0 Å². The van der Waals surface area contributed by atoms with Crippen molar-refractivity contribution in [2.45, 2.75) is 271 Å². The molecule has 0 bridgehead atoms. The first kappa shape index (κ1) is 45.0. The van der Waals surface area contributed by atoms with Crippen LogP contribution in [0.2, 0.25) is 0 Å². The molecule has 0 aliphatic heterocycles. The highest BCUT2D eigenvalue weighted by atomic mass is 14.6. The van der Waals surface area contributed by atoms with Gasteiger partial charge in [-0.25, -0.2) is 0 Å². The van der Waals surface area contributed by atoms with Gasteiger partial charge in [-0.05, 0) is 31.2 Å². The SMILES string of the molecule is CCCCCCCCCCCCCCC(CN)(CCCCCCCCCCCCCC)CCCCCCCCCCCCCC. The van der Waals surface area contributed by atoms with Gasteiger partial charge in [-0.15, -0.1) is 0 Å². The number of hydrogen-bond acceptors (Lipinski definition) is 1. The molecule has 0 amide bonds. The minimum absolute atomic E-state index is 0.440. The van der Waals surface area contributed by atoms with Crippen molar-refractivity contribution in [3.63, 3.8) is 0 Å². The molecule has 272 valence electrons. The molecule has 1 nitrogen and oxygen atoms in total. The Kier molecular flexibility index (Phi) is 38.4. The van der Waals surface area contributed by atoms with E-state index in [1.165, 1.54) is 250 Å². The Labute approximate surface area is 288 Å². The second kappa shape index (κ2) is 38.4. The molecule has 0 aliphatic rings. The Morgan fingerprint density at radius 3 is 0.556 bits per heavy atom. The molecular weight excluding hydrogens is 542 g/mol. The van der Waals surface area contributed by atoms with Gasteiger partial charge in [-0.3, -0.25) is 0 Å². The Morgan fingerprint density at radius 1 is 0.244 bits per heavy atom. The van der Waals surface area contributed by atoms with E-state index in [-0.39, 0.29) is 0 Å². The first-order valence-electron chi connectivity index (χ1n) is 21.9. The summed E-state index contributed by atoms with van der Waals surface area (Å²) in [7, 11) is 0. The molecule has 0 atom stereocenters. The van der Waals surface area contributed by atoms with E-state index < -0.39 is 0 Å². The second-order valence-electron chi connectivity index (χ2n) is 15.6. The monoisotopic (exact) mass is 634 g/mol. The molecule has 0 radical (unpaired) electrons. The van der Waals surface area contributed by atoms with E-state index in [0.717, 1.165) is 6.54 Å². The molecule has 0 heterocycles. The van der Waals surface area contributed by atoms with E-state index in [1.54, 1.807) is 0 Å². The van der Waals surface area contributed by atoms with E-state index in [1.807, 2.05) is 0 Å².